The molecule has 0 fully saturated rings. The van der Waals surface area contributed by atoms with Crippen LogP contribution in [0.5, 0.6) is 0 Å². The van der Waals surface area contributed by atoms with Crippen LogP contribution in [0.1, 0.15) is 10.5 Å². The Morgan fingerprint density at radius 3 is 2.67 bits per heavy atom. The Balaban J connectivity index is 2.71. The molecule has 0 unspecified atom stereocenters. The maximum Gasteiger partial charge on any atom is 0.356 e. The molecule has 4 N–H and O–H groups in total. The van der Waals surface area contributed by atoms with Crippen molar-refractivity contribution in [2.75, 3.05) is 18.1 Å². The van der Waals surface area contributed by atoms with Crippen molar-refractivity contribution in [2.45, 2.75) is 0 Å². The number of hydrogen-bond acceptors (Lipinski definition) is 4. The number of carboxylic acids is 1. The number of pyridine rings is 1. The molecule has 0 spiro atoms. The molecule has 0 atom stereocenters. The van der Waals surface area contributed by atoms with Crippen molar-refractivity contribution in [1.29, 1.82) is 0 Å². The summed E-state index contributed by atoms with van der Waals surface area (Å²) < 4.78 is 14.4. The number of aromatic nitrogens is 1. The molecule has 0 aliphatic carbocycles. The number of halogens is 3. The lowest BCUT2D eigenvalue weighted by atomic mass is 10.1. The van der Waals surface area contributed by atoms with E-state index in [1.807, 2.05) is 0 Å². The zero-order chi connectivity index (χ0) is 15.7. The van der Waals surface area contributed by atoms with Gasteiger partial charge in [-0.25, -0.2) is 14.2 Å². The summed E-state index contributed by atoms with van der Waals surface area (Å²) >= 11 is 11.6. The Bertz CT molecular complexity index is 738. The molecular formula is C13H10Cl2FN3O2. The Morgan fingerprint density at radius 1 is 1.43 bits per heavy atom. The van der Waals surface area contributed by atoms with Gasteiger partial charge in [0.15, 0.2) is 11.5 Å². The van der Waals surface area contributed by atoms with Gasteiger partial charge in [-0.1, -0.05) is 23.2 Å². The molecule has 110 valence electrons. The molecule has 1 aromatic heterocycles. The Hall–Kier alpha value is -2.05. The number of carboxylic acid groups (broad SMARTS) is 1. The van der Waals surface area contributed by atoms with Crippen LogP contribution >= 0.6 is 23.2 Å². The van der Waals surface area contributed by atoms with E-state index in [0.717, 1.165) is 0 Å². The van der Waals surface area contributed by atoms with E-state index in [1.54, 1.807) is 0 Å². The molecule has 0 saturated heterocycles. The maximum atomic E-state index is 14.4. The summed E-state index contributed by atoms with van der Waals surface area (Å²) in [4.78, 5) is 14.9. The van der Waals surface area contributed by atoms with Gasteiger partial charge in [0.05, 0.1) is 27.1 Å². The van der Waals surface area contributed by atoms with Gasteiger partial charge in [-0.2, -0.15) is 0 Å². The number of nitrogens with one attached hydrogen (secondary N) is 1. The quantitative estimate of drug-likeness (QED) is 0.801. The molecule has 21 heavy (non-hydrogen) atoms. The molecule has 2 aromatic rings. The highest BCUT2D eigenvalue weighted by atomic mass is 35.5. The average Bonchev–Trinajstić information content (AvgIpc) is 2.42. The summed E-state index contributed by atoms with van der Waals surface area (Å²) in [6.07, 6.45) is 0. The predicted octanol–water partition coefficient (Wildman–Crippen LogP) is 3.52. The fourth-order valence-corrected chi connectivity index (χ4v) is 2.23. The first-order valence-corrected chi connectivity index (χ1v) is 6.47. The topological polar surface area (TPSA) is 88.2 Å². The summed E-state index contributed by atoms with van der Waals surface area (Å²) in [5.41, 5.74) is 5.41. The van der Waals surface area contributed by atoms with Crippen molar-refractivity contribution in [3.8, 4) is 11.3 Å². The number of anilines is 2. The van der Waals surface area contributed by atoms with E-state index in [9.17, 15) is 9.18 Å². The van der Waals surface area contributed by atoms with Gasteiger partial charge in [0.25, 0.3) is 0 Å². The molecule has 8 heteroatoms. The number of hydrogen-bond donors (Lipinski definition) is 3. The first-order chi connectivity index (χ1) is 9.86. The fourth-order valence-electron chi connectivity index (χ4n) is 1.81. The molecule has 5 nitrogen and oxygen atoms in total. The fraction of sp³-hybridized carbons (Fsp3) is 0.0769. The predicted molar refractivity (Wildman–Crippen MR) is 80.6 cm³/mol. The van der Waals surface area contributed by atoms with Crippen molar-refractivity contribution in [2.24, 2.45) is 0 Å². The second-order valence-corrected chi connectivity index (χ2v) is 4.88. The Labute approximate surface area is 129 Å². The van der Waals surface area contributed by atoms with Crippen molar-refractivity contribution >= 4 is 40.5 Å². The highest BCUT2D eigenvalue weighted by Crippen LogP contribution is 2.34. The highest BCUT2D eigenvalue weighted by Gasteiger charge is 2.19. The third kappa shape index (κ3) is 2.72. The lowest BCUT2D eigenvalue weighted by Gasteiger charge is -2.11. The molecular weight excluding hydrogens is 320 g/mol. The van der Waals surface area contributed by atoms with Gasteiger partial charge in [0.2, 0.25) is 0 Å². The lowest BCUT2D eigenvalue weighted by Crippen LogP contribution is -2.06. The van der Waals surface area contributed by atoms with Gasteiger partial charge in [-0.15, -0.1) is 0 Å². The molecule has 0 aliphatic heterocycles. The Morgan fingerprint density at radius 2 is 2.10 bits per heavy atom. The van der Waals surface area contributed by atoms with E-state index in [1.165, 1.54) is 25.2 Å². The number of benzene rings is 1. The molecule has 1 heterocycles. The van der Waals surface area contributed by atoms with E-state index in [4.69, 9.17) is 34.0 Å². The molecule has 0 saturated carbocycles. The van der Waals surface area contributed by atoms with E-state index < -0.39 is 17.5 Å². The Kier molecular flexibility index (Phi) is 4.20. The summed E-state index contributed by atoms with van der Waals surface area (Å²) in [5, 5.41) is 11.7. The van der Waals surface area contributed by atoms with Crippen molar-refractivity contribution < 1.29 is 14.3 Å². The third-order valence-corrected chi connectivity index (χ3v) is 3.52. The standard InChI is InChI=1S/C13H10Cl2FN3O2/c1-18-11-6(14)3-2-5(10(11)16)8-4-7(17)9(15)12(19-8)13(20)21/h2-4,18H,1H3,(H2,17,19)(H,20,21). The van der Waals surface area contributed by atoms with Crippen LogP contribution in [0.3, 0.4) is 0 Å². The van der Waals surface area contributed by atoms with Gasteiger partial charge in [-0.3, -0.25) is 0 Å². The summed E-state index contributed by atoms with van der Waals surface area (Å²) in [7, 11) is 1.51. The minimum Gasteiger partial charge on any atom is -0.476 e. The van der Waals surface area contributed by atoms with Crippen LogP contribution in [0.25, 0.3) is 11.3 Å². The molecule has 1 aromatic carbocycles. The smallest absolute Gasteiger partial charge is 0.356 e. The number of aromatic carboxylic acids is 1. The molecule has 0 amide bonds. The van der Waals surface area contributed by atoms with Crippen molar-refractivity contribution in [3.05, 3.63) is 39.8 Å². The SMILES string of the molecule is CNc1c(Cl)ccc(-c2cc(N)c(Cl)c(C(=O)O)n2)c1F. The second-order valence-electron chi connectivity index (χ2n) is 4.10. The number of rotatable bonds is 3. The van der Waals surface area contributed by atoms with Crippen LogP contribution in [-0.2, 0) is 0 Å². The van der Waals surface area contributed by atoms with Gasteiger partial charge < -0.3 is 16.2 Å². The number of nitrogen functional groups attached to an aromatic ring is 1. The first kappa shape index (κ1) is 15.3. The van der Waals surface area contributed by atoms with Crippen molar-refractivity contribution in [1.82, 2.24) is 4.98 Å². The second kappa shape index (κ2) is 5.75. The van der Waals surface area contributed by atoms with E-state index >= 15 is 0 Å². The minimum absolute atomic E-state index is 0.000533. The first-order valence-electron chi connectivity index (χ1n) is 5.72. The van der Waals surface area contributed by atoms with Gasteiger partial charge in [0.1, 0.15) is 0 Å². The zero-order valence-electron chi connectivity index (χ0n) is 10.7. The van der Waals surface area contributed by atoms with Crippen LogP contribution in [0.15, 0.2) is 18.2 Å². The van der Waals surface area contributed by atoms with Gasteiger partial charge in [-0.05, 0) is 18.2 Å². The van der Waals surface area contributed by atoms with Crippen LogP contribution < -0.4 is 11.1 Å². The molecule has 0 aliphatic rings. The average molecular weight is 330 g/mol. The van der Waals surface area contributed by atoms with Crippen LogP contribution in [-0.4, -0.2) is 23.1 Å². The molecule has 0 bridgehead atoms. The molecule has 2 rings (SSSR count). The number of nitrogens with two attached hydrogens (primary N) is 1. The normalized spacial score (nSPS) is 10.5. The van der Waals surface area contributed by atoms with Gasteiger partial charge >= 0.3 is 5.97 Å². The monoisotopic (exact) mass is 329 g/mol. The lowest BCUT2D eigenvalue weighted by molar-refractivity contribution is 0.0691. The van der Waals surface area contributed by atoms with E-state index in [2.05, 4.69) is 10.3 Å². The maximum absolute atomic E-state index is 14.4. The van der Waals surface area contributed by atoms with Crippen LogP contribution in [0.2, 0.25) is 10.0 Å². The summed E-state index contributed by atoms with van der Waals surface area (Å²) in [6, 6.07) is 4.17. The van der Waals surface area contributed by atoms with E-state index in [0.29, 0.717) is 0 Å². The summed E-state index contributed by atoms with van der Waals surface area (Å²) in [5.74, 6) is -2.01. The van der Waals surface area contributed by atoms with Crippen LogP contribution in [0.4, 0.5) is 15.8 Å². The van der Waals surface area contributed by atoms with E-state index in [-0.39, 0.29) is 32.7 Å². The van der Waals surface area contributed by atoms with Crippen molar-refractivity contribution in [3.63, 3.8) is 0 Å². The third-order valence-electron chi connectivity index (χ3n) is 2.81. The largest absolute Gasteiger partial charge is 0.476 e. The number of nitrogens with zero attached hydrogens (tertiary/aromatic N) is 1. The highest BCUT2D eigenvalue weighted by molar-refractivity contribution is 6.35. The minimum atomic E-state index is -1.35. The van der Waals surface area contributed by atoms with Gasteiger partial charge in [0, 0.05) is 12.6 Å². The molecule has 0 radical (unpaired) electrons. The summed E-state index contributed by atoms with van der Waals surface area (Å²) in [6.45, 7) is 0. The zero-order valence-corrected chi connectivity index (χ0v) is 12.3. The number of carbonyl (C=O) groups is 1. The van der Waals surface area contributed by atoms with Crippen LogP contribution in [0, 0.1) is 5.82 Å².